The van der Waals surface area contributed by atoms with Gasteiger partial charge in [0.2, 0.25) is 0 Å². The zero-order valence-electron chi connectivity index (χ0n) is 15.9. The van der Waals surface area contributed by atoms with E-state index in [1.807, 2.05) is 74.5 Å². The molecule has 0 unspecified atom stereocenters. The number of benzene rings is 3. The molecule has 140 valence electrons. The summed E-state index contributed by atoms with van der Waals surface area (Å²) in [6.45, 7) is 3.98. The number of nitrogens with one attached hydrogen (secondary N) is 1. The summed E-state index contributed by atoms with van der Waals surface area (Å²) >= 11 is 0. The molecule has 28 heavy (non-hydrogen) atoms. The molecule has 1 N–H and O–H groups in total. The molecule has 1 heterocycles. The molecule has 0 aliphatic carbocycles. The topological polar surface area (TPSA) is 49.4 Å². The molecule has 0 saturated carbocycles. The van der Waals surface area contributed by atoms with E-state index in [1.165, 1.54) is 0 Å². The minimum absolute atomic E-state index is 0.0750. The Kier molecular flexibility index (Phi) is 4.70. The fraction of sp³-hybridized carbons (Fsp3) is 0.167. The smallest absolute Gasteiger partial charge is 0.259 e. The van der Waals surface area contributed by atoms with Crippen molar-refractivity contribution in [2.75, 3.05) is 0 Å². The Bertz CT molecular complexity index is 1070. The minimum atomic E-state index is -0.385. The third kappa shape index (κ3) is 3.29. The third-order valence-corrected chi connectivity index (χ3v) is 5.04. The van der Waals surface area contributed by atoms with Gasteiger partial charge in [-0.2, -0.15) is 0 Å². The highest BCUT2D eigenvalue weighted by Gasteiger charge is 2.33. The third-order valence-electron chi connectivity index (χ3n) is 5.04. The first-order valence-electron chi connectivity index (χ1n) is 9.44. The molecule has 0 radical (unpaired) electrons. The maximum Gasteiger partial charge on any atom is 0.259 e. The number of nitrogens with zero attached hydrogens (tertiary/aromatic N) is 1. The Morgan fingerprint density at radius 3 is 2.32 bits per heavy atom. The van der Waals surface area contributed by atoms with Gasteiger partial charge in [-0.05, 0) is 40.5 Å². The quantitative estimate of drug-likeness (QED) is 0.741. The van der Waals surface area contributed by atoms with Gasteiger partial charge in [-0.25, -0.2) is 0 Å². The van der Waals surface area contributed by atoms with Crippen molar-refractivity contribution < 1.29 is 9.59 Å². The molecule has 2 amide bonds. The van der Waals surface area contributed by atoms with Crippen molar-refractivity contribution in [1.29, 1.82) is 0 Å². The van der Waals surface area contributed by atoms with Crippen LogP contribution in [0.25, 0.3) is 16.3 Å². The summed E-state index contributed by atoms with van der Waals surface area (Å²) in [6, 6.07) is 23.1. The van der Waals surface area contributed by atoms with E-state index in [4.69, 9.17) is 0 Å². The molecule has 1 atom stereocenters. The zero-order chi connectivity index (χ0) is 19.7. The molecule has 1 aliphatic rings. The van der Waals surface area contributed by atoms with Gasteiger partial charge in [-0.1, -0.05) is 68.4 Å². The predicted octanol–water partition coefficient (Wildman–Crippen LogP) is 4.44. The Balaban J connectivity index is 1.79. The number of amides is 2. The molecule has 0 spiro atoms. The number of hydrogen-bond acceptors (Lipinski definition) is 2. The van der Waals surface area contributed by atoms with Crippen LogP contribution in [0.3, 0.4) is 0 Å². The molecule has 0 aromatic heterocycles. The Morgan fingerprint density at radius 2 is 1.61 bits per heavy atom. The van der Waals surface area contributed by atoms with Crippen LogP contribution < -0.4 is 5.32 Å². The lowest BCUT2D eigenvalue weighted by Crippen LogP contribution is -2.54. The van der Waals surface area contributed by atoms with E-state index < -0.39 is 0 Å². The van der Waals surface area contributed by atoms with Crippen molar-refractivity contribution in [3.8, 4) is 0 Å². The summed E-state index contributed by atoms with van der Waals surface area (Å²) in [5, 5.41) is 5.18. The van der Waals surface area contributed by atoms with Gasteiger partial charge in [-0.15, -0.1) is 0 Å². The second-order valence-electron chi connectivity index (χ2n) is 7.35. The molecule has 1 aliphatic heterocycles. The number of carbonyl (C=O) groups is 2. The van der Waals surface area contributed by atoms with Crippen molar-refractivity contribution >= 4 is 28.2 Å². The average molecular weight is 370 g/mol. The van der Waals surface area contributed by atoms with Gasteiger partial charge in [0.1, 0.15) is 6.17 Å². The lowest BCUT2D eigenvalue weighted by Gasteiger charge is -2.36. The van der Waals surface area contributed by atoms with Gasteiger partial charge in [-0.3, -0.25) is 14.5 Å². The standard InChI is InChI=1S/C24H22N2O2/c1-16(2)22-25-23(27)21(15-26(22)24(28)18-9-4-3-5-10-18)20-13-12-17-8-6-7-11-19(17)14-20/h3-16,22H,1-2H3,(H,25,27)/t22-/m0/s1. The van der Waals surface area contributed by atoms with Crippen LogP contribution in [-0.2, 0) is 4.79 Å². The molecular weight excluding hydrogens is 348 g/mol. The maximum atomic E-state index is 13.1. The summed E-state index contributed by atoms with van der Waals surface area (Å²) in [6.07, 6.45) is 1.31. The molecule has 4 rings (SSSR count). The summed E-state index contributed by atoms with van der Waals surface area (Å²) in [5.74, 6) is -0.213. The summed E-state index contributed by atoms with van der Waals surface area (Å²) in [5.41, 5.74) is 1.88. The van der Waals surface area contributed by atoms with Crippen LogP contribution in [0.5, 0.6) is 0 Å². The van der Waals surface area contributed by atoms with Gasteiger partial charge in [0.25, 0.3) is 11.8 Å². The van der Waals surface area contributed by atoms with Crippen LogP contribution in [0.4, 0.5) is 0 Å². The second-order valence-corrected chi connectivity index (χ2v) is 7.35. The van der Waals surface area contributed by atoms with Crippen molar-refractivity contribution in [3.05, 3.63) is 90.1 Å². The first-order valence-corrected chi connectivity index (χ1v) is 9.44. The lowest BCUT2D eigenvalue weighted by molar-refractivity contribution is -0.118. The number of fused-ring (bicyclic) bond motifs is 1. The lowest BCUT2D eigenvalue weighted by atomic mass is 9.98. The van der Waals surface area contributed by atoms with E-state index in [9.17, 15) is 9.59 Å². The largest absolute Gasteiger partial charge is 0.331 e. The molecule has 4 nitrogen and oxygen atoms in total. The van der Waals surface area contributed by atoms with Gasteiger partial charge in [0.15, 0.2) is 0 Å². The van der Waals surface area contributed by atoms with E-state index in [0.29, 0.717) is 11.1 Å². The summed E-state index contributed by atoms with van der Waals surface area (Å²) < 4.78 is 0. The van der Waals surface area contributed by atoms with Crippen molar-refractivity contribution in [1.82, 2.24) is 10.2 Å². The fourth-order valence-corrected chi connectivity index (χ4v) is 3.52. The Hall–Kier alpha value is -3.40. The minimum Gasteiger partial charge on any atom is -0.331 e. The summed E-state index contributed by atoms with van der Waals surface area (Å²) in [7, 11) is 0. The number of hydrogen-bond donors (Lipinski definition) is 1. The molecule has 0 bridgehead atoms. The van der Waals surface area contributed by atoms with E-state index in [2.05, 4.69) is 5.32 Å². The molecule has 0 saturated heterocycles. The van der Waals surface area contributed by atoms with Crippen LogP contribution >= 0.6 is 0 Å². The van der Waals surface area contributed by atoms with E-state index >= 15 is 0 Å². The fourth-order valence-electron chi connectivity index (χ4n) is 3.52. The number of carbonyl (C=O) groups excluding carboxylic acids is 2. The molecule has 3 aromatic rings. The predicted molar refractivity (Wildman–Crippen MR) is 111 cm³/mol. The molecule has 3 aromatic carbocycles. The highest BCUT2D eigenvalue weighted by molar-refractivity contribution is 6.21. The number of rotatable bonds is 3. The van der Waals surface area contributed by atoms with Crippen LogP contribution in [-0.4, -0.2) is 22.9 Å². The van der Waals surface area contributed by atoms with E-state index in [1.54, 1.807) is 23.2 Å². The van der Waals surface area contributed by atoms with Gasteiger partial charge in [0.05, 0.1) is 5.57 Å². The monoisotopic (exact) mass is 370 g/mol. The Labute approximate surface area is 164 Å². The highest BCUT2D eigenvalue weighted by atomic mass is 16.2. The second kappa shape index (κ2) is 7.31. The zero-order valence-corrected chi connectivity index (χ0v) is 15.9. The average Bonchev–Trinajstić information content (AvgIpc) is 2.73. The van der Waals surface area contributed by atoms with Gasteiger partial charge in [0, 0.05) is 11.8 Å². The molecule has 0 fully saturated rings. The van der Waals surface area contributed by atoms with Crippen molar-refractivity contribution in [3.63, 3.8) is 0 Å². The van der Waals surface area contributed by atoms with Gasteiger partial charge < -0.3 is 5.32 Å². The van der Waals surface area contributed by atoms with E-state index in [0.717, 1.165) is 16.3 Å². The van der Waals surface area contributed by atoms with Crippen LogP contribution in [0, 0.1) is 5.92 Å². The van der Waals surface area contributed by atoms with Crippen molar-refractivity contribution in [2.24, 2.45) is 5.92 Å². The van der Waals surface area contributed by atoms with Crippen LogP contribution in [0.1, 0.15) is 29.8 Å². The summed E-state index contributed by atoms with van der Waals surface area (Å²) in [4.78, 5) is 27.6. The molecular formula is C24H22N2O2. The normalized spacial score (nSPS) is 16.8. The SMILES string of the molecule is CC(C)[C@H]1NC(=O)C(c2ccc3ccccc3c2)=CN1C(=O)c1ccccc1. The highest BCUT2D eigenvalue weighted by Crippen LogP contribution is 2.27. The first kappa shape index (κ1) is 18.0. The van der Waals surface area contributed by atoms with Crippen LogP contribution in [0.15, 0.2) is 79.0 Å². The first-order chi connectivity index (χ1) is 13.5. The van der Waals surface area contributed by atoms with Crippen molar-refractivity contribution in [2.45, 2.75) is 20.0 Å². The maximum absolute atomic E-state index is 13.1. The van der Waals surface area contributed by atoms with Gasteiger partial charge >= 0.3 is 0 Å². The molecule has 4 heteroatoms. The Morgan fingerprint density at radius 1 is 0.929 bits per heavy atom. The van der Waals surface area contributed by atoms with E-state index in [-0.39, 0.29) is 23.9 Å². The van der Waals surface area contributed by atoms with Crippen LogP contribution in [0.2, 0.25) is 0 Å².